The second kappa shape index (κ2) is 5.38. The second-order valence-corrected chi connectivity index (χ2v) is 4.15. The highest BCUT2D eigenvalue weighted by atomic mass is 19.4. The Hall–Kier alpha value is -2.65. The highest BCUT2D eigenvalue weighted by Gasteiger charge is 2.35. The minimum Gasteiger partial charge on any atom is -0.465 e. The molecule has 2 heterocycles. The SMILES string of the molecule is Cc1cnc(C(F)(F)F)nc1-n1cc(CNC(=O)O)cn1. The normalized spacial score (nSPS) is 11.4. The predicted octanol–water partition coefficient (Wildman–Crippen LogP) is 1.76. The summed E-state index contributed by atoms with van der Waals surface area (Å²) in [4.78, 5) is 17.1. The molecule has 0 saturated carbocycles. The molecule has 10 heteroatoms. The Morgan fingerprint density at radius 3 is 2.76 bits per heavy atom. The van der Waals surface area contributed by atoms with Crippen LogP contribution in [-0.2, 0) is 12.7 Å². The highest BCUT2D eigenvalue weighted by Crippen LogP contribution is 2.26. The first-order chi connectivity index (χ1) is 9.77. The fraction of sp³-hybridized carbons (Fsp3) is 0.273. The third kappa shape index (κ3) is 3.46. The van der Waals surface area contributed by atoms with E-state index in [1.165, 1.54) is 12.4 Å². The first-order valence-corrected chi connectivity index (χ1v) is 5.69. The number of carboxylic acid groups (broad SMARTS) is 1. The van der Waals surface area contributed by atoms with Crippen LogP contribution in [0.25, 0.3) is 5.82 Å². The number of hydrogen-bond donors (Lipinski definition) is 2. The first-order valence-electron chi connectivity index (χ1n) is 5.69. The van der Waals surface area contributed by atoms with E-state index in [4.69, 9.17) is 5.11 Å². The molecule has 0 radical (unpaired) electrons. The Kier molecular flexibility index (Phi) is 3.78. The van der Waals surface area contributed by atoms with Crippen LogP contribution < -0.4 is 5.32 Å². The average molecular weight is 301 g/mol. The molecule has 0 unspecified atom stereocenters. The maximum Gasteiger partial charge on any atom is 0.451 e. The number of carbonyl (C=O) groups is 1. The van der Waals surface area contributed by atoms with Crippen LogP contribution in [0.4, 0.5) is 18.0 Å². The summed E-state index contributed by atoms with van der Waals surface area (Å²) in [6.45, 7) is 1.54. The molecule has 0 aliphatic heterocycles. The summed E-state index contributed by atoms with van der Waals surface area (Å²) in [7, 11) is 0. The van der Waals surface area contributed by atoms with Crippen molar-refractivity contribution in [2.45, 2.75) is 19.6 Å². The van der Waals surface area contributed by atoms with Crippen molar-refractivity contribution in [2.75, 3.05) is 0 Å². The van der Waals surface area contributed by atoms with Crippen LogP contribution >= 0.6 is 0 Å². The molecule has 0 saturated heterocycles. The van der Waals surface area contributed by atoms with E-state index in [2.05, 4.69) is 20.4 Å². The van der Waals surface area contributed by atoms with Crippen LogP contribution in [-0.4, -0.2) is 30.9 Å². The van der Waals surface area contributed by atoms with Gasteiger partial charge in [-0.25, -0.2) is 19.4 Å². The highest BCUT2D eigenvalue weighted by molar-refractivity contribution is 5.64. The Morgan fingerprint density at radius 2 is 2.14 bits per heavy atom. The fourth-order valence-electron chi connectivity index (χ4n) is 1.55. The van der Waals surface area contributed by atoms with E-state index in [0.29, 0.717) is 11.1 Å². The Morgan fingerprint density at radius 1 is 1.43 bits per heavy atom. The largest absolute Gasteiger partial charge is 0.465 e. The summed E-state index contributed by atoms with van der Waals surface area (Å²) in [5.41, 5.74) is 0.896. The molecule has 2 aromatic rings. The maximum atomic E-state index is 12.6. The van der Waals surface area contributed by atoms with Gasteiger partial charge in [-0.05, 0) is 6.92 Å². The van der Waals surface area contributed by atoms with Gasteiger partial charge in [-0.15, -0.1) is 0 Å². The zero-order valence-electron chi connectivity index (χ0n) is 10.7. The number of halogens is 3. The molecule has 0 atom stereocenters. The standard InChI is InChI=1S/C11H10F3N5O2/c1-6-2-15-9(11(12,13)14)18-8(6)19-5-7(4-17-19)3-16-10(20)21/h2,4-5,16H,3H2,1H3,(H,20,21). The second-order valence-electron chi connectivity index (χ2n) is 4.15. The van der Waals surface area contributed by atoms with E-state index >= 15 is 0 Å². The molecule has 2 aromatic heterocycles. The molecular weight excluding hydrogens is 291 g/mol. The minimum absolute atomic E-state index is 0.00834. The van der Waals surface area contributed by atoms with E-state index in [1.54, 1.807) is 6.92 Å². The van der Waals surface area contributed by atoms with Crippen molar-refractivity contribution >= 4 is 6.09 Å². The van der Waals surface area contributed by atoms with Gasteiger partial charge in [0.2, 0.25) is 5.82 Å². The summed E-state index contributed by atoms with van der Waals surface area (Å²) in [5.74, 6) is -1.28. The van der Waals surface area contributed by atoms with Gasteiger partial charge in [-0.2, -0.15) is 18.3 Å². The fourth-order valence-corrected chi connectivity index (χ4v) is 1.55. The van der Waals surface area contributed by atoms with Crippen molar-refractivity contribution in [1.29, 1.82) is 0 Å². The summed E-state index contributed by atoms with van der Waals surface area (Å²) in [6, 6.07) is 0. The lowest BCUT2D eigenvalue weighted by Crippen LogP contribution is -2.19. The van der Waals surface area contributed by atoms with Gasteiger partial charge in [-0.3, -0.25) is 0 Å². The van der Waals surface area contributed by atoms with Crippen LogP contribution in [0.3, 0.4) is 0 Å². The van der Waals surface area contributed by atoms with E-state index in [0.717, 1.165) is 10.9 Å². The number of nitrogens with one attached hydrogen (secondary N) is 1. The van der Waals surface area contributed by atoms with Crippen LogP contribution in [0, 0.1) is 6.92 Å². The third-order valence-electron chi connectivity index (χ3n) is 2.50. The lowest BCUT2D eigenvalue weighted by molar-refractivity contribution is -0.145. The summed E-state index contributed by atoms with van der Waals surface area (Å²) < 4.78 is 38.9. The molecule has 2 rings (SSSR count). The van der Waals surface area contributed by atoms with E-state index in [-0.39, 0.29) is 12.4 Å². The van der Waals surface area contributed by atoms with Crippen LogP contribution in [0.1, 0.15) is 17.0 Å². The topological polar surface area (TPSA) is 92.9 Å². The van der Waals surface area contributed by atoms with E-state index in [1.807, 2.05) is 0 Å². The van der Waals surface area contributed by atoms with Crippen molar-refractivity contribution in [3.8, 4) is 5.82 Å². The molecule has 112 valence electrons. The average Bonchev–Trinajstić information content (AvgIpc) is 2.84. The van der Waals surface area contributed by atoms with Gasteiger partial charge in [0.05, 0.1) is 6.20 Å². The van der Waals surface area contributed by atoms with E-state index in [9.17, 15) is 18.0 Å². The minimum atomic E-state index is -4.65. The first kappa shape index (κ1) is 14.8. The van der Waals surface area contributed by atoms with Crippen molar-refractivity contribution in [3.63, 3.8) is 0 Å². The summed E-state index contributed by atoms with van der Waals surface area (Å²) in [6.07, 6.45) is -2.07. The smallest absolute Gasteiger partial charge is 0.451 e. The molecule has 0 fully saturated rings. The van der Waals surface area contributed by atoms with Crippen molar-refractivity contribution < 1.29 is 23.1 Å². The maximum absolute atomic E-state index is 12.6. The molecule has 2 N–H and O–H groups in total. The third-order valence-corrected chi connectivity index (χ3v) is 2.50. The lowest BCUT2D eigenvalue weighted by atomic mass is 10.3. The molecule has 0 aromatic carbocycles. The number of nitrogens with zero attached hydrogens (tertiary/aromatic N) is 4. The van der Waals surface area contributed by atoms with Crippen molar-refractivity contribution in [2.24, 2.45) is 0 Å². The number of aromatic nitrogens is 4. The molecule has 1 amide bonds. The van der Waals surface area contributed by atoms with Crippen LogP contribution in [0.15, 0.2) is 18.6 Å². The zero-order chi connectivity index (χ0) is 15.6. The van der Waals surface area contributed by atoms with E-state index < -0.39 is 18.1 Å². The molecule has 7 nitrogen and oxygen atoms in total. The quantitative estimate of drug-likeness (QED) is 0.901. The number of amides is 1. The molecule has 0 bridgehead atoms. The number of aryl methyl sites for hydroxylation is 1. The van der Waals surface area contributed by atoms with Crippen LogP contribution in [0.5, 0.6) is 0 Å². The summed E-state index contributed by atoms with van der Waals surface area (Å²) in [5, 5.41) is 14.5. The lowest BCUT2D eigenvalue weighted by Gasteiger charge is -2.09. The van der Waals surface area contributed by atoms with Crippen molar-refractivity contribution in [3.05, 3.63) is 35.5 Å². The van der Waals surface area contributed by atoms with Gasteiger partial charge >= 0.3 is 12.3 Å². The Labute approximate surface area is 116 Å². The molecular formula is C11H10F3N5O2. The van der Waals surface area contributed by atoms with Gasteiger partial charge in [-0.1, -0.05) is 0 Å². The van der Waals surface area contributed by atoms with Gasteiger partial charge in [0.25, 0.3) is 0 Å². The number of hydrogen-bond acceptors (Lipinski definition) is 4. The number of alkyl halides is 3. The van der Waals surface area contributed by atoms with Gasteiger partial charge in [0, 0.05) is 30.1 Å². The van der Waals surface area contributed by atoms with Crippen molar-refractivity contribution in [1.82, 2.24) is 25.1 Å². The molecule has 0 aliphatic carbocycles. The Balaban J connectivity index is 2.31. The monoisotopic (exact) mass is 301 g/mol. The van der Waals surface area contributed by atoms with Crippen LogP contribution in [0.2, 0.25) is 0 Å². The van der Waals surface area contributed by atoms with Gasteiger partial charge < -0.3 is 10.4 Å². The molecule has 0 aliphatic rings. The molecule has 21 heavy (non-hydrogen) atoms. The Bertz CT molecular complexity index is 668. The number of rotatable bonds is 3. The van der Waals surface area contributed by atoms with Gasteiger partial charge in [0.1, 0.15) is 0 Å². The molecule has 0 spiro atoms. The summed E-state index contributed by atoms with van der Waals surface area (Å²) >= 11 is 0. The van der Waals surface area contributed by atoms with Gasteiger partial charge in [0.15, 0.2) is 5.82 Å². The predicted molar refractivity (Wildman–Crippen MR) is 63.8 cm³/mol. The zero-order valence-corrected chi connectivity index (χ0v) is 10.7.